The van der Waals surface area contributed by atoms with E-state index < -0.39 is 4.92 Å². The van der Waals surface area contributed by atoms with Crippen LogP contribution < -0.4 is 5.32 Å². The van der Waals surface area contributed by atoms with Crippen molar-refractivity contribution in [1.29, 1.82) is 0 Å². The Morgan fingerprint density at radius 2 is 2.05 bits per heavy atom. The number of nitro groups is 1. The maximum absolute atomic E-state index is 11.8. The molecule has 1 heterocycles. The third-order valence-corrected chi connectivity index (χ3v) is 3.94. The summed E-state index contributed by atoms with van der Waals surface area (Å²) in [6.45, 7) is 3.75. The van der Waals surface area contributed by atoms with Crippen LogP contribution in [0.2, 0.25) is 0 Å². The number of aryl methyl sites for hydroxylation is 1. The Labute approximate surface area is 125 Å². The highest BCUT2D eigenvalue weighted by Gasteiger charge is 2.10. The van der Waals surface area contributed by atoms with Crippen molar-refractivity contribution >= 4 is 29.2 Å². The number of nitrogens with one attached hydrogen (secondary N) is 2. The number of carbonyl (C=O) groups excluding carboxylic acids is 1. The van der Waals surface area contributed by atoms with Gasteiger partial charge in [0.15, 0.2) is 5.82 Å². The summed E-state index contributed by atoms with van der Waals surface area (Å²) in [6.07, 6.45) is 0. The van der Waals surface area contributed by atoms with Gasteiger partial charge in [-0.15, -0.1) is 11.8 Å². The highest BCUT2D eigenvalue weighted by atomic mass is 32.2. The van der Waals surface area contributed by atoms with Crippen molar-refractivity contribution in [2.45, 2.75) is 18.7 Å². The number of nitrogens with zero attached hydrogens (tertiary/aromatic N) is 2. The summed E-state index contributed by atoms with van der Waals surface area (Å²) < 4.78 is 0. The lowest BCUT2D eigenvalue weighted by atomic mass is 10.3. The molecule has 0 aliphatic rings. The second kappa shape index (κ2) is 6.40. The van der Waals surface area contributed by atoms with Crippen molar-refractivity contribution < 1.29 is 9.72 Å². The number of aromatic nitrogens is 2. The van der Waals surface area contributed by atoms with Crippen molar-refractivity contribution in [2.24, 2.45) is 0 Å². The van der Waals surface area contributed by atoms with Gasteiger partial charge in [0.1, 0.15) is 0 Å². The molecule has 0 aliphatic heterocycles. The summed E-state index contributed by atoms with van der Waals surface area (Å²) >= 11 is 1.31. The lowest BCUT2D eigenvalue weighted by Gasteiger charge is -2.03. The molecule has 1 aromatic heterocycles. The monoisotopic (exact) mass is 306 g/mol. The van der Waals surface area contributed by atoms with Gasteiger partial charge >= 0.3 is 0 Å². The number of non-ortho nitro benzene ring substituents is 1. The van der Waals surface area contributed by atoms with E-state index in [4.69, 9.17) is 0 Å². The summed E-state index contributed by atoms with van der Waals surface area (Å²) in [7, 11) is 0. The molecular weight excluding hydrogens is 292 g/mol. The standard InChI is InChI=1S/C13H14N4O3S/c1-8-9(2)15-16-13(8)14-12(18)7-21-11-5-3-10(4-6-11)17(19)20/h3-6H,7H2,1-2H3,(H2,14,15,16,18). The molecule has 0 saturated carbocycles. The topological polar surface area (TPSA) is 101 Å². The largest absolute Gasteiger partial charge is 0.308 e. The van der Waals surface area contributed by atoms with Crippen molar-refractivity contribution in [2.75, 3.05) is 11.1 Å². The van der Waals surface area contributed by atoms with Crippen LogP contribution in [0.4, 0.5) is 11.5 Å². The normalized spacial score (nSPS) is 10.4. The maximum atomic E-state index is 11.8. The fourth-order valence-corrected chi connectivity index (χ4v) is 2.29. The van der Waals surface area contributed by atoms with Gasteiger partial charge in [0, 0.05) is 28.3 Å². The molecule has 0 saturated heterocycles. The number of benzene rings is 1. The Kier molecular flexibility index (Phi) is 4.59. The summed E-state index contributed by atoms with van der Waals surface area (Å²) in [4.78, 5) is 22.7. The second-order valence-electron chi connectivity index (χ2n) is 4.41. The number of aromatic amines is 1. The molecule has 2 N–H and O–H groups in total. The van der Waals surface area contributed by atoms with E-state index in [-0.39, 0.29) is 17.3 Å². The molecule has 1 amide bonds. The zero-order valence-electron chi connectivity index (χ0n) is 11.5. The Morgan fingerprint density at radius 1 is 1.38 bits per heavy atom. The number of hydrogen-bond donors (Lipinski definition) is 2. The number of carbonyl (C=O) groups is 1. The molecule has 0 bridgehead atoms. The first-order chi connectivity index (χ1) is 9.97. The van der Waals surface area contributed by atoms with Crippen molar-refractivity contribution in [3.05, 3.63) is 45.6 Å². The third-order valence-electron chi connectivity index (χ3n) is 2.93. The Bertz CT molecular complexity index is 667. The molecule has 21 heavy (non-hydrogen) atoms. The molecule has 0 spiro atoms. The molecule has 2 rings (SSSR count). The van der Waals surface area contributed by atoms with Crippen LogP contribution in [0.3, 0.4) is 0 Å². The minimum atomic E-state index is -0.455. The van der Waals surface area contributed by atoms with Gasteiger partial charge in [0.05, 0.1) is 10.7 Å². The van der Waals surface area contributed by atoms with Gasteiger partial charge < -0.3 is 5.32 Å². The van der Waals surface area contributed by atoms with Crippen LogP contribution in [-0.4, -0.2) is 26.8 Å². The van der Waals surface area contributed by atoms with E-state index in [0.29, 0.717) is 5.82 Å². The molecule has 0 radical (unpaired) electrons. The maximum Gasteiger partial charge on any atom is 0.269 e. The van der Waals surface area contributed by atoms with E-state index in [0.717, 1.165) is 16.2 Å². The molecule has 0 aliphatic carbocycles. The quantitative estimate of drug-likeness (QED) is 0.502. The van der Waals surface area contributed by atoms with Crippen LogP contribution >= 0.6 is 11.8 Å². The van der Waals surface area contributed by atoms with E-state index in [9.17, 15) is 14.9 Å². The van der Waals surface area contributed by atoms with E-state index in [1.54, 1.807) is 12.1 Å². The molecule has 2 aromatic rings. The van der Waals surface area contributed by atoms with Crippen molar-refractivity contribution in [3.63, 3.8) is 0 Å². The average molecular weight is 306 g/mol. The number of rotatable bonds is 5. The van der Waals surface area contributed by atoms with Crippen LogP contribution in [0.15, 0.2) is 29.2 Å². The fourth-order valence-electron chi connectivity index (χ4n) is 1.59. The molecule has 1 aromatic carbocycles. The molecule has 0 unspecified atom stereocenters. The van der Waals surface area contributed by atoms with Crippen LogP contribution in [0.1, 0.15) is 11.3 Å². The minimum Gasteiger partial charge on any atom is -0.308 e. The first-order valence-electron chi connectivity index (χ1n) is 6.16. The summed E-state index contributed by atoms with van der Waals surface area (Å²) in [6, 6.07) is 6.09. The first kappa shape index (κ1) is 15.0. The lowest BCUT2D eigenvalue weighted by Crippen LogP contribution is -2.15. The van der Waals surface area contributed by atoms with Gasteiger partial charge in [-0.1, -0.05) is 0 Å². The molecule has 8 heteroatoms. The lowest BCUT2D eigenvalue weighted by molar-refractivity contribution is -0.384. The zero-order chi connectivity index (χ0) is 15.4. The number of hydrogen-bond acceptors (Lipinski definition) is 5. The molecule has 110 valence electrons. The van der Waals surface area contributed by atoms with Crippen LogP contribution in [0, 0.1) is 24.0 Å². The number of anilines is 1. The smallest absolute Gasteiger partial charge is 0.269 e. The fraction of sp³-hybridized carbons (Fsp3) is 0.231. The number of amides is 1. The number of nitro benzene ring substituents is 1. The highest BCUT2D eigenvalue weighted by molar-refractivity contribution is 8.00. The average Bonchev–Trinajstić information content (AvgIpc) is 2.77. The predicted molar refractivity (Wildman–Crippen MR) is 80.5 cm³/mol. The van der Waals surface area contributed by atoms with Gasteiger partial charge in [0.25, 0.3) is 5.69 Å². The molecule has 7 nitrogen and oxygen atoms in total. The van der Waals surface area contributed by atoms with E-state index in [1.807, 2.05) is 13.8 Å². The van der Waals surface area contributed by atoms with E-state index in [1.165, 1.54) is 23.9 Å². The van der Waals surface area contributed by atoms with Gasteiger partial charge in [0.2, 0.25) is 5.91 Å². The van der Waals surface area contributed by atoms with Crippen molar-refractivity contribution in [3.8, 4) is 0 Å². The summed E-state index contributed by atoms with van der Waals surface area (Å²) in [5, 5.41) is 20.1. The van der Waals surface area contributed by atoms with Gasteiger partial charge in [-0.3, -0.25) is 20.0 Å². The van der Waals surface area contributed by atoms with Crippen molar-refractivity contribution in [1.82, 2.24) is 10.2 Å². The summed E-state index contributed by atoms with van der Waals surface area (Å²) in [5.74, 6) is 0.568. The highest BCUT2D eigenvalue weighted by Crippen LogP contribution is 2.22. The second-order valence-corrected chi connectivity index (χ2v) is 5.46. The SMILES string of the molecule is Cc1[nH]nc(NC(=O)CSc2ccc([N+](=O)[O-])cc2)c1C. The Balaban J connectivity index is 1.89. The molecular formula is C13H14N4O3S. The van der Waals surface area contributed by atoms with Crippen LogP contribution in [0.5, 0.6) is 0 Å². The van der Waals surface area contributed by atoms with E-state index in [2.05, 4.69) is 15.5 Å². The van der Waals surface area contributed by atoms with Gasteiger partial charge in [-0.25, -0.2) is 0 Å². The predicted octanol–water partition coefficient (Wildman–Crippen LogP) is 2.67. The van der Waals surface area contributed by atoms with E-state index >= 15 is 0 Å². The first-order valence-corrected chi connectivity index (χ1v) is 7.14. The third kappa shape index (κ3) is 3.82. The Hall–Kier alpha value is -2.35. The minimum absolute atomic E-state index is 0.0337. The van der Waals surface area contributed by atoms with Crippen LogP contribution in [-0.2, 0) is 4.79 Å². The number of H-pyrrole nitrogens is 1. The zero-order valence-corrected chi connectivity index (χ0v) is 12.4. The Morgan fingerprint density at radius 3 is 2.57 bits per heavy atom. The summed E-state index contributed by atoms with van der Waals surface area (Å²) in [5.41, 5.74) is 1.85. The number of thioether (sulfide) groups is 1. The van der Waals surface area contributed by atoms with Crippen LogP contribution in [0.25, 0.3) is 0 Å². The van der Waals surface area contributed by atoms with Gasteiger partial charge in [-0.2, -0.15) is 5.10 Å². The van der Waals surface area contributed by atoms with Gasteiger partial charge in [-0.05, 0) is 26.0 Å². The molecule has 0 atom stereocenters. The molecule has 0 fully saturated rings.